The van der Waals surface area contributed by atoms with E-state index in [1.54, 1.807) is 0 Å². The van der Waals surface area contributed by atoms with Crippen molar-refractivity contribution < 1.29 is 4.79 Å². The molecule has 1 rings (SSSR count). The van der Waals surface area contributed by atoms with E-state index < -0.39 is 0 Å². The van der Waals surface area contributed by atoms with Gasteiger partial charge in [0.25, 0.3) is 5.91 Å². The van der Waals surface area contributed by atoms with Crippen molar-refractivity contribution in [1.82, 2.24) is 5.32 Å². The van der Waals surface area contributed by atoms with Gasteiger partial charge in [0.2, 0.25) is 0 Å². The molecule has 1 heterocycles. The number of halogens is 1. The first-order valence-electron chi connectivity index (χ1n) is 6.69. The van der Waals surface area contributed by atoms with Gasteiger partial charge in [-0.25, -0.2) is 0 Å². The number of thiophene rings is 1. The standard InChI is InChI=1S/C14H22BrNOS/c1-3-4-5-6-7-8-9-16-14(17)12-10-11(2)13(15)18-12/h10H,3-9H2,1-2H3,(H,16,17). The zero-order chi connectivity index (χ0) is 13.4. The second-order valence-electron chi connectivity index (χ2n) is 4.59. The molecule has 102 valence electrons. The van der Waals surface area contributed by atoms with E-state index in [0.29, 0.717) is 0 Å². The molecule has 0 saturated heterocycles. The predicted molar refractivity (Wildman–Crippen MR) is 82.5 cm³/mol. The van der Waals surface area contributed by atoms with Gasteiger partial charge in [0.15, 0.2) is 0 Å². The van der Waals surface area contributed by atoms with Gasteiger partial charge in [-0.3, -0.25) is 4.79 Å². The minimum Gasteiger partial charge on any atom is -0.351 e. The van der Waals surface area contributed by atoms with Crippen molar-refractivity contribution in [2.24, 2.45) is 0 Å². The Bertz CT molecular complexity index is 356. The van der Waals surface area contributed by atoms with E-state index in [4.69, 9.17) is 0 Å². The Balaban J connectivity index is 2.14. The topological polar surface area (TPSA) is 29.1 Å². The van der Waals surface area contributed by atoms with E-state index in [2.05, 4.69) is 28.2 Å². The summed E-state index contributed by atoms with van der Waals surface area (Å²) in [5.41, 5.74) is 1.13. The van der Waals surface area contributed by atoms with E-state index in [1.165, 1.54) is 43.4 Å². The van der Waals surface area contributed by atoms with Crippen molar-refractivity contribution in [1.29, 1.82) is 0 Å². The average Bonchev–Trinajstić information content (AvgIpc) is 2.68. The Labute approximate surface area is 122 Å². The summed E-state index contributed by atoms with van der Waals surface area (Å²) in [5.74, 6) is 0.0577. The summed E-state index contributed by atoms with van der Waals surface area (Å²) in [5, 5.41) is 2.98. The molecule has 1 amide bonds. The highest BCUT2D eigenvalue weighted by molar-refractivity contribution is 9.11. The lowest BCUT2D eigenvalue weighted by Crippen LogP contribution is -2.23. The molecule has 1 aromatic heterocycles. The van der Waals surface area contributed by atoms with Crippen LogP contribution >= 0.6 is 27.3 Å². The predicted octanol–water partition coefficient (Wildman–Crippen LogP) is 4.91. The molecule has 0 spiro atoms. The molecule has 1 N–H and O–H groups in total. The second-order valence-corrected chi connectivity index (χ2v) is 6.96. The average molecular weight is 332 g/mol. The van der Waals surface area contributed by atoms with Crippen LogP contribution in [0.25, 0.3) is 0 Å². The molecule has 0 aliphatic carbocycles. The van der Waals surface area contributed by atoms with E-state index >= 15 is 0 Å². The van der Waals surface area contributed by atoms with Gasteiger partial charge in [-0.05, 0) is 40.9 Å². The summed E-state index contributed by atoms with van der Waals surface area (Å²) in [7, 11) is 0. The smallest absolute Gasteiger partial charge is 0.261 e. The monoisotopic (exact) mass is 331 g/mol. The number of nitrogens with one attached hydrogen (secondary N) is 1. The number of unbranched alkanes of at least 4 members (excludes halogenated alkanes) is 5. The van der Waals surface area contributed by atoms with Crippen LogP contribution in [0.4, 0.5) is 0 Å². The maximum absolute atomic E-state index is 11.8. The van der Waals surface area contributed by atoms with E-state index in [0.717, 1.165) is 27.2 Å². The highest BCUT2D eigenvalue weighted by atomic mass is 79.9. The largest absolute Gasteiger partial charge is 0.351 e. The summed E-state index contributed by atoms with van der Waals surface area (Å²) in [4.78, 5) is 12.6. The van der Waals surface area contributed by atoms with Crippen LogP contribution in [0.3, 0.4) is 0 Å². The molecule has 0 unspecified atom stereocenters. The first-order chi connectivity index (χ1) is 8.65. The molecule has 0 aliphatic heterocycles. The van der Waals surface area contributed by atoms with Crippen LogP contribution in [0.15, 0.2) is 9.85 Å². The lowest BCUT2D eigenvalue weighted by molar-refractivity contribution is 0.0957. The minimum atomic E-state index is 0.0577. The highest BCUT2D eigenvalue weighted by Gasteiger charge is 2.10. The van der Waals surface area contributed by atoms with Crippen LogP contribution in [-0.4, -0.2) is 12.5 Å². The first-order valence-corrected chi connectivity index (χ1v) is 8.30. The maximum Gasteiger partial charge on any atom is 0.261 e. The molecule has 0 aromatic carbocycles. The van der Waals surface area contributed by atoms with Crippen LogP contribution in [-0.2, 0) is 0 Å². The molecule has 18 heavy (non-hydrogen) atoms. The van der Waals surface area contributed by atoms with Crippen molar-refractivity contribution >= 4 is 33.2 Å². The van der Waals surface area contributed by atoms with E-state index in [9.17, 15) is 4.79 Å². The summed E-state index contributed by atoms with van der Waals surface area (Å²) in [6.45, 7) is 5.02. The molecule has 0 aliphatic rings. The van der Waals surface area contributed by atoms with Crippen LogP contribution in [0.2, 0.25) is 0 Å². The van der Waals surface area contributed by atoms with Gasteiger partial charge in [-0.2, -0.15) is 0 Å². The van der Waals surface area contributed by atoms with Crippen molar-refractivity contribution in [3.05, 3.63) is 20.3 Å². The normalized spacial score (nSPS) is 10.6. The van der Waals surface area contributed by atoms with Crippen molar-refractivity contribution in [2.75, 3.05) is 6.54 Å². The number of aryl methyl sites for hydroxylation is 1. The van der Waals surface area contributed by atoms with Crippen molar-refractivity contribution in [3.63, 3.8) is 0 Å². The second kappa shape index (κ2) is 8.70. The molecule has 0 saturated carbocycles. The summed E-state index contributed by atoms with van der Waals surface area (Å²) >= 11 is 4.94. The summed E-state index contributed by atoms with van der Waals surface area (Å²) in [6.07, 6.45) is 7.52. The summed E-state index contributed by atoms with van der Waals surface area (Å²) in [6, 6.07) is 1.94. The summed E-state index contributed by atoms with van der Waals surface area (Å²) < 4.78 is 1.05. The Morgan fingerprint density at radius 2 is 1.94 bits per heavy atom. The third-order valence-corrected chi connectivity index (χ3v) is 5.03. The third-order valence-electron chi connectivity index (χ3n) is 2.90. The van der Waals surface area contributed by atoms with Gasteiger partial charge in [0.05, 0.1) is 8.66 Å². The van der Waals surface area contributed by atoms with Gasteiger partial charge < -0.3 is 5.32 Å². The van der Waals surface area contributed by atoms with Gasteiger partial charge in [-0.1, -0.05) is 39.0 Å². The van der Waals surface area contributed by atoms with Crippen LogP contribution in [0, 0.1) is 6.92 Å². The van der Waals surface area contributed by atoms with Gasteiger partial charge >= 0.3 is 0 Å². The highest BCUT2D eigenvalue weighted by Crippen LogP contribution is 2.27. The maximum atomic E-state index is 11.8. The Hall–Kier alpha value is -0.350. The fourth-order valence-corrected chi connectivity index (χ4v) is 3.22. The molecule has 0 radical (unpaired) electrons. The molecule has 0 bridgehead atoms. The Morgan fingerprint density at radius 1 is 1.28 bits per heavy atom. The molecule has 4 heteroatoms. The molecule has 2 nitrogen and oxygen atoms in total. The fraction of sp³-hybridized carbons (Fsp3) is 0.643. The minimum absolute atomic E-state index is 0.0577. The van der Waals surface area contributed by atoms with Crippen LogP contribution in [0.1, 0.15) is 60.7 Å². The zero-order valence-electron chi connectivity index (χ0n) is 11.2. The molecular weight excluding hydrogens is 310 g/mol. The first kappa shape index (κ1) is 15.7. The lowest BCUT2D eigenvalue weighted by Gasteiger charge is -2.03. The molecule has 1 aromatic rings. The molecule has 0 fully saturated rings. The Kier molecular flexibility index (Phi) is 7.59. The SMILES string of the molecule is CCCCCCCCNC(=O)c1cc(C)c(Br)s1. The number of hydrogen-bond acceptors (Lipinski definition) is 2. The van der Waals surface area contributed by atoms with Gasteiger partial charge in [0, 0.05) is 6.54 Å². The number of carbonyl (C=O) groups excluding carboxylic acids is 1. The number of hydrogen-bond donors (Lipinski definition) is 1. The Morgan fingerprint density at radius 3 is 2.56 bits per heavy atom. The quantitative estimate of drug-likeness (QED) is 0.673. The van der Waals surface area contributed by atoms with E-state index in [-0.39, 0.29) is 5.91 Å². The van der Waals surface area contributed by atoms with Crippen LogP contribution in [0.5, 0.6) is 0 Å². The molecule has 0 atom stereocenters. The van der Waals surface area contributed by atoms with Crippen LogP contribution < -0.4 is 5.32 Å². The third kappa shape index (κ3) is 5.53. The van der Waals surface area contributed by atoms with E-state index in [1.807, 2.05) is 13.0 Å². The zero-order valence-corrected chi connectivity index (χ0v) is 13.6. The number of rotatable bonds is 8. The number of carbonyl (C=O) groups is 1. The molecular formula is C14H22BrNOS. The van der Waals surface area contributed by atoms with Gasteiger partial charge in [0.1, 0.15) is 0 Å². The number of amides is 1. The lowest BCUT2D eigenvalue weighted by atomic mass is 10.1. The van der Waals surface area contributed by atoms with Crippen molar-refractivity contribution in [2.45, 2.75) is 52.4 Å². The fourth-order valence-electron chi connectivity index (χ4n) is 1.77. The van der Waals surface area contributed by atoms with Crippen molar-refractivity contribution in [3.8, 4) is 0 Å². The van der Waals surface area contributed by atoms with Gasteiger partial charge in [-0.15, -0.1) is 11.3 Å².